The molecule has 6 rings (SSSR count). The number of carbonyl (C=O) groups excluding carboxylic acids is 1. The molecular formula is C36H34O2Si. The predicted molar refractivity (Wildman–Crippen MR) is 164 cm³/mol. The normalized spacial score (nSPS) is 15.5. The lowest BCUT2D eigenvalue weighted by Crippen LogP contribution is -2.66. The van der Waals surface area contributed by atoms with E-state index in [1.165, 1.54) is 10.4 Å². The summed E-state index contributed by atoms with van der Waals surface area (Å²) in [7, 11) is -2.64. The molecule has 1 aliphatic rings. The van der Waals surface area contributed by atoms with Crippen molar-refractivity contribution in [3.63, 3.8) is 0 Å². The topological polar surface area (TPSA) is 26.3 Å². The lowest BCUT2D eigenvalue weighted by atomic mass is 9.93. The Morgan fingerprint density at radius 3 is 2.05 bits per heavy atom. The molecule has 0 heterocycles. The Morgan fingerprint density at radius 2 is 1.38 bits per heavy atom. The third-order valence-electron chi connectivity index (χ3n) is 8.23. The molecule has 39 heavy (non-hydrogen) atoms. The van der Waals surface area contributed by atoms with Gasteiger partial charge in [-0.1, -0.05) is 142 Å². The molecular weight excluding hydrogens is 492 g/mol. The minimum absolute atomic E-state index is 0.0859. The lowest BCUT2D eigenvalue weighted by molar-refractivity contribution is 0.0974. The highest BCUT2D eigenvalue weighted by Gasteiger charge is 2.50. The zero-order chi connectivity index (χ0) is 27.0. The zero-order valence-electron chi connectivity index (χ0n) is 22.9. The van der Waals surface area contributed by atoms with Crippen LogP contribution in [0.3, 0.4) is 0 Å². The third-order valence-corrected chi connectivity index (χ3v) is 13.2. The summed E-state index contributed by atoms with van der Waals surface area (Å²) in [6, 6.07) is 42.4. The van der Waals surface area contributed by atoms with Gasteiger partial charge in [-0.2, -0.15) is 0 Å². The zero-order valence-corrected chi connectivity index (χ0v) is 23.9. The van der Waals surface area contributed by atoms with Crippen LogP contribution in [0.25, 0.3) is 10.8 Å². The molecule has 0 bridgehead atoms. The number of ketones is 1. The quantitative estimate of drug-likeness (QED) is 0.215. The summed E-state index contributed by atoms with van der Waals surface area (Å²) in [5.74, 6) is 0.0745. The molecule has 5 aromatic rings. The number of fused-ring (bicyclic) bond motifs is 3. The first-order valence-corrected chi connectivity index (χ1v) is 15.7. The fourth-order valence-corrected chi connectivity index (χ4v) is 10.9. The molecule has 0 radical (unpaired) electrons. The van der Waals surface area contributed by atoms with Crippen molar-refractivity contribution in [1.29, 1.82) is 0 Å². The second-order valence-electron chi connectivity index (χ2n) is 11.6. The van der Waals surface area contributed by atoms with Gasteiger partial charge in [-0.25, -0.2) is 0 Å². The van der Waals surface area contributed by atoms with Gasteiger partial charge in [-0.3, -0.25) is 4.79 Å². The van der Waals surface area contributed by atoms with Crippen molar-refractivity contribution in [2.75, 3.05) is 0 Å². The van der Waals surface area contributed by atoms with E-state index in [2.05, 4.69) is 130 Å². The van der Waals surface area contributed by atoms with Gasteiger partial charge in [0.2, 0.25) is 0 Å². The molecule has 0 saturated carbocycles. The van der Waals surface area contributed by atoms with Gasteiger partial charge in [0.1, 0.15) is 0 Å². The van der Waals surface area contributed by atoms with Crippen molar-refractivity contribution < 1.29 is 9.22 Å². The molecule has 3 heteroatoms. The molecule has 0 saturated heterocycles. The van der Waals surface area contributed by atoms with Crippen LogP contribution in [0.15, 0.2) is 121 Å². The number of hydrogen-bond acceptors (Lipinski definition) is 2. The summed E-state index contributed by atoms with van der Waals surface area (Å²) in [6.45, 7) is 7.40. The van der Waals surface area contributed by atoms with E-state index in [-0.39, 0.29) is 16.7 Å². The van der Waals surface area contributed by atoms with Crippen LogP contribution in [0, 0.1) is 0 Å². The fourth-order valence-electron chi connectivity index (χ4n) is 6.39. The summed E-state index contributed by atoms with van der Waals surface area (Å²) in [4.78, 5) is 13.7. The van der Waals surface area contributed by atoms with Crippen molar-refractivity contribution in [2.24, 2.45) is 0 Å². The Morgan fingerprint density at radius 1 is 0.744 bits per heavy atom. The Bertz CT molecular complexity index is 1590. The highest BCUT2D eigenvalue weighted by Crippen LogP contribution is 2.39. The standard InChI is InChI=1S/C36H34O2Si/c1-36(2,3)39(30-16-6-4-7-17-30,31-18-8-5-9-19-31)38-25-26-13-12-15-28(23-26)33-24-29-22-21-27-14-10-11-20-32(27)34(29)35(33)37/h4-23,33H,24-25H2,1-3H3. The first-order chi connectivity index (χ1) is 18.9. The van der Waals surface area contributed by atoms with E-state index in [0.29, 0.717) is 6.61 Å². The van der Waals surface area contributed by atoms with Crippen molar-refractivity contribution >= 4 is 35.2 Å². The number of hydrogen-bond donors (Lipinski definition) is 0. The van der Waals surface area contributed by atoms with Crippen LogP contribution in [-0.4, -0.2) is 14.1 Å². The van der Waals surface area contributed by atoms with Gasteiger partial charge in [0, 0.05) is 5.56 Å². The molecule has 1 atom stereocenters. The SMILES string of the molecule is CC(C)(C)[Si](OCc1cccc(C2Cc3ccc4ccccc4c3C2=O)c1)(c1ccccc1)c1ccccc1. The predicted octanol–water partition coefficient (Wildman–Crippen LogP) is 7.44. The monoisotopic (exact) mass is 526 g/mol. The van der Waals surface area contributed by atoms with Crippen LogP contribution >= 0.6 is 0 Å². The summed E-state index contributed by atoms with van der Waals surface area (Å²) < 4.78 is 7.17. The van der Waals surface area contributed by atoms with Crippen LogP contribution < -0.4 is 10.4 Å². The number of carbonyl (C=O) groups is 1. The fraction of sp³-hybridized carbons (Fsp3) is 0.194. The average molecular weight is 527 g/mol. The molecule has 0 spiro atoms. The first kappa shape index (κ1) is 25.5. The molecule has 1 aliphatic carbocycles. The van der Waals surface area contributed by atoms with Crippen LogP contribution in [0.4, 0.5) is 0 Å². The molecule has 5 aromatic carbocycles. The van der Waals surface area contributed by atoms with Gasteiger partial charge in [0.25, 0.3) is 8.32 Å². The molecule has 2 nitrogen and oxygen atoms in total. The maximum absolute atomic E-state index is 13.7. The van der Waals surface area contributed by atoms with Crippen LogP contribution in [0.5, 0.6) is 0 Å². The summed E-state index contributed by atoms with van der Waals surface area (Å²) in [6.07, 6.45) is 0.748. The van der Waals surface area contributed by atoms with E-state index < -0.39 is 8.32 Å². The summed E-state index contributed by atoms with van der Waals surface area (Å²) in [5.41, 5.74) is 4.22. The minimum atomic E-state index is -2.64. The molecule has 194 valence electrons. The van der Waals surface area contributed by atoms with Crippen molar-refractivity contribution in [1.82, 2.24) is 0 Å². The maximum Gasteiger partial charge on any atom is 0.261 e. The second kappa shape index (κ2) is 10.1. The molecule has 0 N–H and O–H groups in total. The van der Waals surface area contributed by atoms with Gasteiger partial charge >= 0.3 is 0 Å². The van der Waals surface area contributed by atoms with E-state index in [4.69, 9.17) is 4.43 Å². The van der Waals surface area contributed by atoms with Crippen molar-refractivity contribution in [2.45, 2.75) is 44.8 Å². The Hall–Kier alpha value is -3.79. The maximum atomic E-state index is 13.7. The molecule has 1 unspecified atom stereocenters. The van der Waals surface area contributed by atoms with E-state index in [1.54, 1.807) is 0 Å². The number of rotatable bonds is 6. The summed E-state index contributed by atoms with van der Waals surface area (Å²) in [5, 5.41) is 4.64. The van der Waals surface area contributed by atoms with Crippen LogP contribution in [-0.2, 0) is 17.5 Å². The highest BCUT2D eigenvalue weighted by atomic mass is 28.4. The largest absolute Gasteiger partial charge is 0.403 e. The second-order valence-corrected chi connectivity index (χ2v) is 15.9. The van der Waals surface area contributed by atoms with E-state index >= 15 is 0 Å². The Kier molecular flexibility index (Phi) is 6.58. The minimum Gasteiger partial charge on any atom is -0.403 e. The highest BCUT2D eigenvalue weighted by molar-refractivity contribution is 6.99. The molecule has 0 aromatic heterocycles. The molecule has 0 aliphatic heterocycles. The van der Waals surface area contributed by atoms with Gasteiger partial charge in [0.05, 0.1) is 12.5 Å². The van der Waals surface area contributed by atoms with Crippen LogP contribution in [0.1, 0.15) is 53.7 Å². The van der Waals surface area contributed by atoms with Gasteiger partial charge in [-0.05, 0) is 49.3 Å². The van der Waals surface area contributed by atoms with Crippen molar-refractivity contribution in [3.05, 3.63) is 144 Å². The molecule has 0 fully saturated rings. The third kappa shape index (κ3) is 4.46. The number of Topliss-reactive ketones (excluding diaryl/α,β-unsaturated/α-hetero) is 1. The molecule has 0 amide bonds. The van der Waals surface area contributed by atoms with Gasteiger partial charge in [-0.15, -0.1) is 0 Å². The van der Waals surface area contributed by atoms with Gasteiger partial charge < -0.3 is 4.43 Å². The van der Waals surface area contributed by atoms with E-state index in [0.717, 1.165) is 39.4 Å². The Balaban J connectivity index is 1.34. The average Bonchev–Trinajstić information content (AvgIpc) is 3.31. The van der Waals surface area contributed by atoms with E-state index in [9.17, 15) is 4.79 Å². The Labute approximate surface area is 232 Å². The number of benzene rings is 5. The van der Waals surface area contributed by atoms with Crippen LogP contribution in [0.2, 0.25) is 5.04 Å². The summed E-state index contributed by atoms with van der Waals surface area (Å²) >= 11 is 0. The van der Waals surface area contributed by atoms with Gasteiger partial charge in [0.15, 0.2) is 5.78 Å². The van der Waals surface area contributed by atoms with E-state index in [1.807, 2.05) is 12.1 Å². The first-order valence-electron chi connectivity index (χ1n) is 13.8. The lowest BCUT2D eigenvalue weighted by Gasteiger charge is -2.43. The smallest absolute Gasteiger partial charge is 0.261 e. The van der Waals surface area contributed by atoms with Crippen molar-refractivity contribution in [3.8, 4) is 0 Å².